The highest BCUT2D eigenvalue weighted by molar-refractivity contribution is 6.04. The number of nitrogens with one attached hydrogen (secondary N) is 1. The summed E-state index contributed by atoms with van der Waals surface area (Å²) >= 11 is 0. The van der Waals surface area contributed by atoms with Crippen molar-refractivity contribution < 1.29 is 9.59 Å². The van der Waals surface area contributed by atoms with Crippen LogP contribution in [0.2, 0.25) is 0 Å². The molecule has 82 valence electrons. The first-order valence-electron chi connectivity index (χ1n) is 5.91. The van der Waals surface area contributed by atoms with Crippen molar-refractivity contribution in [3.8, 4) is 0 Å². The van der Waals surface area contributed by atoms with Crippen molar-refractivity contribution in [2.24, 2.45) is 5.92 Å². The fourth-order valence-corrected chi connectivity index (χ4v) is 2.77. The number of carbonyl (C=O) groups is 2. The number of hydrogen-bond donors (Lipinski definition) is 1. The fraction of sp³-hybridized carbons (Fsp3) is 0.818. The van der Waals surface area contributed by atoms with E-state index >= 15 is 0 Å². The summed E-state index contributed by atoms with van der Waals surface area (Å²) in [5.74, 6) is 0.460. The van der Waals surface area contributed by atoms with Gasteiger partial charge in [-0.15, -0.1) is 0 Å². The summed E-state index contributed by atoms with van der Waals surface area (Å²) in [5, 5.41) is 2.83. The smallest absolute Gasteiger partial charge is 0.325 e. The molecule has 4 nitrogen and oxygen atoms in total. The van der Waals surface area contributed by atoms with E-state index in [1.807, 2.05) is 0 Å². The Hall–Kier alpha value is -1.06. The van der Waals surface area contributed by atoms with Gasteiger partial charge in [0.15, 0.2) is 0 Å². The minimum atomic E-state index is -0.196. The zero-order chi connectivity index (χ0) is 10.4. The van der Waals surface area contributed by atoms with Crippen LogP contribution in [0, 0.1) is 5.92 Å². The lowest BCUT2D eigenvalue weighted by molar-refractivity contribution is -0.129. The fourth-order valence-electron chi connectivity index (χ4n) is 2.77. The van der Waals surface area contributed by atoms with Crippen LogP contribution in [0.5, 0.6) is 0 Å². The molecule has 1 heterocycles. The van der Waals surface area contributed by atoms with E-state index in [0.29, 0.717) is 5.92 Å². The average molecular weight is 208 g/mol. The van der Waals surface area contributed by atoms with Gasteiger partial charge in [0.2, 0.25) is 0 Å². The normalized spacial score (nSPS) is 32.5. The quantitative estimate of drug-likeness (QED) is 0.694. The molecule has 2 saturated carbocycles. The monoisotopic (exact) mass is 208 g/mol. The highest BCUT2D eigenvalue weighted by Gasteiger charge is 2.48. The van der Waals surface area contributed by atoms with Gasteiger partial charge in [0.05, 0.1) is 0 Å². The Morgan fingerprint density at radius 2 is 1.73 bits per heavy atom. The lowest BCUT2D eigenvalue weighted by Crippen LogP contribution is -2.39. The number of urea groups is 1. The number of rotatable bonds is 2. The first-order chi connectivity index (χ1) is 7.27. The van der Waals surface area contributed by atoms with Gasteiger partial charge in [-0.2, -0.15) is 0 Å². The topological polar surface area (TPSA) is 49.4 Å². The average Bonchev–Trinajstić information content (AvgIpc) is 2.83. The summed E-state index contributed by atoms with van der Waals surface area (Å²) in [5.41, 5.74) is 0. The zero-order valence-corrected chi connectivity index (χ0v) is 8.74. The highest BCUT2D eigenvalue weighted by Crippen LogP contribution is 2.37. The second-order valence-electron chi connectivity index (χ2n) is 4.91. The Morgan fingerprint density at radius 3 is 2.33 bits per heavy atom. The molecule has 1 aliphatic heterocycles. The van der Waals surface area contributed by atoms with Crippen molar-refractivity contribution >= 4 is 11.9 Å². The zero-order valence-electron chi connectivity index (χ0n) is 8.74. The molecule has 0 radical (unpaired) electrons. The molecule has 1 N–H and O–H groups in total. The molecule has 3 aliphatic rings. The summed E-state index contributed by atoms with van der Waals surface area (Å²) < 4.78 is 0. The first-order valence-corrected chi connectivity index (χ1v) is 5.91. The maximum atomic E-state index is 12.0. The Bertz CT molecular complexity index is 306. The highest BCUT2D eigenvalue weighted by atomic mass is 16.2. The van der Waals surface area contributed by atoms with Crippen molar-refractivity contribution in [2.45, 2.75) is 50.6 Å². The Labute approximate surface area is 89.0 Å². The van der Waals surface area contributed by atoms with Gasteiger partial charge in [-0.1, -0.05) is 12.8 Å². The molecule has 0 spiro atoms. The number of imide groups is 1. The van der Waals surface area contributed by atoms with Crippen LogP contribution in [0.4, 0.5) is 4.79 Å². The molecule has 1 unspecified atom stereocenters. The van der Waals surface area contributed by atoms with Gasteiger partial charge in [0.25, 0.3) is 5.91 Å². The largest absolute Gasteiger partial charge is 0.326 e. The maximum absolute atomic E-state index is 12.0. The molecule has 1 atom stereocenters. The molecule has 3 fully saturated rings. The molecular weight excluding hydrogens is 192 g/mol. The molecule has 0 aromatic rings. The lowest BCUT2D eigenvalue weighted by atomic mass is 10.1. The van der Waals surface area contributed by atoms with E-state index in [9.17, 15) is 9.59 Å². The van der Waals surface area contributed by atoms with Crippen LogP contribution < -0.4 is 5.32 Å². The van der Waals surface area contributed by atoms with Gasteiger partial charge >= 0.3 is 6.03 Å². The second-order valence-corrected chi connectivity index (χ2v) is 4.91. The summed E-state index contributed by atoms with van der Waals surface area (Å²) in [7, 11) is 0. The van der Waals surface area contributed by atoms with E-state index in [0.717, 1.165) is 38.5 Å². The molecule has 1 saturated heterocycles. The van der Waals surface area contributed by atoms with Crippen LogP contribution >= 0.6 is 0 Å². The van der Waals surface area contributed by atoms with E-state index in [4.69, 9.17) is 0 Å². The van der Waals surface area contributed by atoms with E-state index in [2.05, 4.69) is 5.32 Å². The second kappa shape index (κ2) is 3.22. The molecule has 2 aliphatic carbocycles. The van der Waals surface area contributed by atoms with Crippen LogP contribution in [0.15, 0.2) is 0 Å². The Morgan fingerprint density at radius 1 is 1.07 bits per heavy atom. The van der Waals surface area contributed by atoms with Gasteiger partial charge in [-0.25, -0.2) is 4.79 Å². The van der Waals surface area contributed by atoms with E-state index < -0.39 is 0 Å². The number of hydrogen-bond acceptors (Lipinski definition) is 2. The van der Waals surface area contributed by atoms with Crippen molar-refractivity contribution in [2.75, 3.05) is 0 Å². The van der Waals surface area contributed by atoms with Gasteiger partial charge in [-0.05, 0) is 31.6 Å². The van der Waals surface area contributed by atoms with Crippen molar-refractivity contribution in [3.05, 3.63) is 0 Å². The van der Waals surface area contributed by atoms with Crippen molar-refractivity contribution in [1.29, 1.82) is 0 Å². The van der Waals surface area contributed by atoms with Crippen LogP contribution in [-0.4, -0.2) is 28.9 Å². The molecule has 15 heavy (non-hydrogen) atoms. The van der Waals surface area contributed by atoms with Crippen LogP contribution in [0.25, 0.3) is 0 Å². The van der Waals surface area contributed by atoms with E-state index in [1.165, 1.54) is 4.90 Å². The third kappa shape index (κ3) is 1.43. The van der Waals surface area contributed by atoms with Crippen LogP contribution in [0.1, 0.15) is 38.5 Å². The predicted octanol–water partition coefficient (Wildman–Crippen LogP) is 1.26. The molecule has 0 aromatic carbocycles. The lowest BCUT2D eigenvalue weighted by Gasteiger charge is -2.20. The van der Waals surface area contributed by atoms with Gasteiger partial charge in [0.1, 0.15) is 6.04 Å². The molecular formula is C11H16N2O2. The minimum Gasteiger partial charge on any atom is -0.326 e. The molecule has 4 heteroatoms. The van der Waals surface area contributed by atoms with E-state index in [-0.39, 0.29) is 24.0 Å². The van der Waals surface area contributed by atoms with Gasteiger partial charge in [0, 0.05) is 6.04 Å². The molecule has 3 rings (SSSR count). The molecule has 0 bridgehead atoms. The summed E-state index contributed by atoms with van der Waals surface area (Å²) in [6, 6.07) is -0.164. The molecule has 3 amide bonds. The van der Waals surface area contributed by atoms with Gasteiger partial charge < -0.3 is 5.32 Å². The third-order valence-electron chi connectivity index (χ3n) is 3.78. The number of carbonyl (C=O) groups excluding carboxylic acids is 2. The summed E-state index contributed by atoms with van der Waals surface area (Å²) in [4.78, 5) is 25.2. The van der Waals surface area contributed by atoms with Crippen LogP contribution in [-0.2, 0) is 4.79 Å². The Balaban J connectivity index is 1.76. The Kier molecular flexibility index (Phi) is 1.97. The van der Waals surface area contributed by atoms with E-state index in [1.54, 1.807) is 0 Å². The predicted molar refractivity (Wildman–Crippen MR) is 54.1 cm³/mol. The number of nitrogens with zero attached hydrogens (tertiary/aromatic N) is 1. The standard InChI is InChI=1S/C11H16N2O2/c14-10-9(7-5-6-7)12-11(15)13(10)8-3-1-2-4-8/h7-9H,1-6H2,(H,12,15). The third-order valence-corrected chi connectivity index (χ3v) is 3.78. The van der Waals surface area contributed by atoms with Crippen molar-refractivity contribution in [1.82, 2.24) is 10.2 Å². The van der Waals surface area contributed by atoms with Crippen molar-refractivity contribution in [3.63, 3.8) is 0 Å². The summed E-state index contributed by atoms with van der Waals surface area (Å²) in [6.45, 7) is 0. The van der Waals surface area contributed by atoms with Crippen LogP contribution in [0.3, 0.4) is 0 Å². The van der Waals surface area contributed by atoms with Gasteiger partial charge in [-0.3, -0.25) is 9.69 Å². The molecule has 0 aromatic heterocycles. The SMILES string of the molecule is O=C1NC(C2CC2)C(=O)N1C1CCCC1. The number of amides is 3. The summed E-state index contributed by atoms with van der Waals surface area (Å²) in [6.07, 6.45) is 6.48. The maximum Gasteiger partial charge on any atom is 0.325 e. The first kappa shape index (κ1) is 9.19. The minimum absolute atomic E-state index is 0.0365.